The molecule has 0 aromatic heterocycles. The Hall–Kier alpha value is -0.750. The summed E-state index contributed by atoms with van der Waals surface area (Å²) in [6, 6.07) is 2.81. The first-order chi connectivity index (χ1) is 8.93. The van der Waals surface area contributed by atoms with E-state index < -0.39 is 11.7 Å². The average molecular weight is 338 g/mol. The van der Waals surface area contributed by atoms with Gasteiger partial charge in [0.15, 0.2) is 0 Å². The van der Waals surface area contributed by atoms with Gasteiger partial charge in [0.25, 0.3) is 0 Å². The van der Waals surface area contributed by atoms with Crippen LogP contribution in [0.25, 0.3) is 0 Å². The fourth-order valence-electron chi connectivity index (χ4n) is 2.49. The lowest BCUT2D eigenvalue weighted by atomic mass is 9.88. The van der Waals surface area contributed by atoms with Crippen molar-refractivity contribution in [1.29, 1.82) is 0 Å². The Morgan fingerprint density at radius 3 is 2.42 bits per heavy atom. The fourth-order valence-corrected chi connectivity index (χ4v) is 2.96. The van der Waals surface area contributed by atoms with Gasteiger partial charge in [0, 0.05) is 4.47 Å². The molecule has 0 unspecified atom stereocenters. The quantitative estimate of drug-likeness (QED) is 0.882. The predicted molar refractivity (Wildman–Crippen MR) is 70.5 cm³/mol. The summed E-state index contributed by atoms with van der Waals surface area (Å²) in [6.07, 6.45) is -2.76. The standard InChI is InChI=1S/C13H15BrF3NO/c1-19-12-10(8-2-4-18-5-3-8)6-9(14)7-11(12)13(15,16)17/h6-8,18H,2-5H2,1H3. The zero-order valence-electron chi connectivity index (χ0n) is 10.5. The van der Waals surface area contributed by atoms with E-state index in [0.717, 1.165) is 32.0 Å². The van der Waals surface area contributed by atoms with Crippen LogP contribution in [0.3, 0.4) is 0 Å². The molecule has 0 amide bonds. The van der Waals surface area contributed by atoms with Gasteiger partial charge in [0.05, 0.1) is 12.7 Å². The number of alkyl halides is 3. The highest BCUT2D eigenvalue weighted by Crippen LogP contribution is 2.44. The monoisotopic (exact) mass is 337 g/mol. The van der Waals surface area contributed by atoms with Crippen molar-refractivity contribution >= 4 is 15.9 Å². The molecule has 0 atom stereocenters. The summed E-state index contributed by atoms with van der Waals surface area (Å²) in [6.45, 7) is 1.64. The molecule has 6 heteroatoms. The number of benzene rings is 1. The smallest absolute Gasteiger partial charge is 0.420 e. The summed E-state index contributed by atoms with van der Waals surface area (Å²) >= 11 is 3.16. The molecule has 0 bridgehead atoms. The van der Waals surface area contributed by atoms with E-state index >= 15 is 0 Å². The van der Waals surface area contributed by atoms with E-state index in [1.165, 1.54) is 7.11 Å². The minimum Gasteiger partial charge on any atom is -0.496 e. The minimum absolute atomic E-state index is 0.0393. The second-order valence-corrected chi connectivity index (χ2v) is 5.51. The molecule has 0 radical (unpaired) electrons. The van der Waals surface area contributed by atoms with Crippen LogP contribution in [-0.2, 0) is 6.18 Å². The van der Waals surface area contributed by atoms with Crippen molar-refractivity contribution in [3.63, 3.8) is 0 Å². The van der Waals surface area contributed by atoms with Gasteiger partial charge < -0.3 is 10.1 Å². The Bertz CT molecular complexity index is 456. The topological polar surface area (TPSA) is 21.3 Å². The molecular weight excluding hydrogens is 323 g/mol. The third kappa shape index (κ3) is 3.23. The molecule has 1 aromatic rings. The van der Waals surface area contributed by atoms with Gasteiger partial charge in [-0.1, -0.05) is 15.9 Å². The lowest BCUT2D eigenvalue weighted by Gasteiger charge is -2.26. The van der Waals surface area contributed by atoms with Crippen LogP contribution in [0.2, 0.25) is 0 Å². The molecule has 2 nitrogen and oxygen atoms in total. The molecule has 0 spiro atoms. The van der Waals surface area contributed by atoms with E-state index in [0.29, 0.717) is 10.0 Å². The number of hydrogen-bond donors (Lipinski definition) is 1. The molecule has 1 saturated heterocycles. The summed E-state index contributed by atoms with van der Waals surface area (Å²) in [5.74, 6) is 0.0670. The normalized spacial score (nSPS) is 17.5. The van der Waals surface area contributed by atoms with Crippen LogP contribution >= 0.6 is 15.9 Å². The van der Waals surface area contributed by atoms with E-state index in [1.54, 1.807) is 6.07 Å². The summed E-state index contributed by atoms with van der Waals surface area (Å²) in [7, 11) is 1.29. The van der Waals surface area contributed by atoms with Gasteiger partial charge in [0.1, 0.15) is 5.75 Å². The lowest BCUT2D eigenvalue weighted by molar-refractivity contribution is -0.138. The first-order valence-corrected chi connectivity index (χ1v) is 6.88. The Labute approximate surface area is 118 Å². The summed E-state index contributed by atoms with van der Waals surface area (Å²) < 4.78 is 44.6. The number of halogens is 4. The number of methoxy groups -OCH3 is 1. The van der Waals surface area contributed by atoms with Crippen LogP contribution in [0.5, 0.6) is 5.75 Å². The van der Waals surface area contributed by atoms with Crippen LogP contribution in [0.15, 0.2) is 16.6 Å². The van der Waals surface area contributed by atoms with E-state index in [4.69, 9.17) is 4.74 Å². The minimum atomic E-state index is -4.41. The van der Waals surface area contributed by atoms with Crippen molar-refractivity contribution in [3.8, 4) is 5.75 Å². The van der Waals surface area contributed by atoms with Gasteiger partial charge >= 0.3 is 6.18 Å². The van der Waals surface area contributed by atoms with E-state index in [2.05, 4.69) is 21.2 Å². The van der Waals surface area contributed by atoms with Crippen LogP contribution in [0, 0.1) is 0 Å². The highest BCUT2D eigenvalue weighted by molar-refractivity contribution is 9.10. The molecule has 1 aliphatic rings. The van der Waals surface area contributed by atoms with Gasteiger partial charge in [0.2, 0.25) is 0 Å². The number of nitrogens with one attached hydrogen (secondary N) is 1. The van der Waals surface area contributed by atoms with Gasteiger partial charge in [-0.15, -0.1) is 0 Å². The van der Waals surface area contributed by atoms with E-state index in [-0.39, 0.29) is 11.7 Å². The number of ether oxygens (including phenoxy) is 1. The highest BCUT2D eigenvalue weighted by atomic mass is 79.9. The molecule has 0 saturated carbocycles. The number of rotatable bonds is 2. The molecule has 0 aliphatic carbocycles. The van der Waals surface area contributed by atoms with E-state index in [1.807, 2.05) is 0 Å². The Morgan fingerprint density at radius 1 is 1.26 bits per heavy atom. The summed E-state index contributed by atoms with van der Waals surface area (Å²) in [4.78, 5) is 0. The Morgan fingerprint density at radius 2 is 1.89 bits per heavy atom. The van der Waals surface area contributed by atoms with Gasteiger partial charge in [-0.3, -0.25) is 0 Å². The molecule has 1 N–H and O–H groups in total. The van der Waals surface area contributed by atoms with Crippen molar-refractivity contribution in [2.24, 2.45) is 0 Å². The molecule has 1 heterocycles. The third-order valence-corrected chi connectivity index (χ3v) is 3.83. The SMILES string of the molecule is COc1c(C2CCNCC2)cc(Br)cc1C(F)(F)F. The highest BCUT2D eigenvalue weighted by Gasteiger charge is 2.37. The van der Waals surface area contributed by atoms with Gasteiger partial charge in [-0.05, 0) is 49.5 Å². The van der Waals surface area contributed by atoms with Gasteiger partial charge in [-0.25, -0.2) is 0 Å². The first kappa shape index (κ1) is 14.7. The zero-order valence-corrected chi connectivity index (χ0v) is 12.1. The molecule has 1 aromatic carbocycles. The molecule has 106 valence electrons. The predicted octanol–water partition coefficient (Wildman–Crippen LogP) is 3.94. The van der Waals surface area contributed by atoms with Crippen LogP contribution < -0.4 is 10.1 Å². The summed E-state index contributed by atoms with van der Waals surface area (Å²) in [5, 5.41) is 3.21. The Kier molecular flexibility index (Phi) is 4.40. The van der Waals surface area contributed by atoms with Crippen molar-refractivity contribution in [3.05, 3.63) is 27.7 Å². The zero-order chi connectivity index (χ0) is 14.0. The van der Waals surface area contributed by atoms with Crippen LogP contribution in [0.1, 0.15) is 29.9 Å². The maximum absolute atomic E-state index is 13.0. The number of hydrogen-bond acceptors (Lipinski definition) is 2. The molecular formula is C13H15BrF3NO. The van der Waals surface area contributed by atoms with E-state index in [9.17, 15) is 13.2 Å². The van der Waals surface area contributed by atoms with Crippen molar-refractivity contribution in [2.75, 3.05) is 20.2 Å². The number of piperidine rings is 1. The van der Waals surface area contributed by atoms with Crippen molar-refractivity contribution in [1.82, 2.24) is 5.32 Å². The maximum Gasteiger partial charge on any atom is 0.420 e. The fraction of sp³-hybridized carbons (Fsp3) is 0.538. The second kappa shape index (κ2) is 5.71. The maximum atomic E-state index is 13.0. The summed E-state index contributed by atoms with van der Waals surface area (Å²) in [5.41, 5.74) is -0.0661. The molecule has 1 fully saturated rings. The second-order valence-electron chi connectivity index (χ2n) is 4.60. The third-order valence-electron chi connectivity index (χ3n) is 3.37. The van der Waals surface area contributed by atoms with Gasteiger partial charge in [-0.2, -0.15) is 13.2 Å². The molecule has 19 heavy (non-hydrogen) atoms. The first-order valence-electron chi connectivity index (χ1n) is 6.09. The van der Waals surface area contributed by atoms with Crippen molar-refractivity contribution < 1.29 is 17.9 Å². The lowest BCUT2D eigenvalue weighted by Crippen LogP contribution is -2.27. The van der Waals surface area contributed by atoms with Crippen LogP contribution in [-0.4, -0.2) is 20.2 Å². The average Bonchev–Trinajstić information content (AvgIpc) is 2.37. The molecule has 2 rings (SSSR count). The molecule has 1 aliphatic heterocycles. The van der Waals surface area contributed by atoms with Crippen LogP contribution in [0.4, 0.5) is 13.2 Å². The van der Waals surface area contributed by atoms with Crippen molar-refractivity contribution in [2.45, 2.75) is 24.9 Å². The Balaban J connectivity index is 2.50. The largest absolute Gasteiger partial charge is 0.496 e.